The fourth-order valence-electron chi connectivity index (χ4n) is 1.05. The number of hydrogen-bond acceptors (Lipinski definition) is 2. The first kappa shape index (κ1) is 13.8. The van der Waals surface area contributed by atoms with Crippen molar-refractivity contribution in [2.24, 2.45) is 0 Å². The van der Waals surface area contributed by atoms with Gasteiger partial charge in [-0.05, 0) is 12.1 Å². The van der Waals surface area contributed by atoms with Gasteiger partial charge in [-0.3, -0.25) is 0 Å². The van der Waals surface area contributed by atoms with Gasteiger partial charge in [-0.1, -0.05) is 11.6 Å². The van der Waals surface area contributed by atoms with Gasteiger partial charge in [-0.25, -0.2) is 0 Å². The van der Waals surface area contributed by atoms with Crippen LogP contribution in [-0.4, -0.2) is 6.36 Å². The number of alkyl halides is 6. The van der Waals surface area contributed by atoms with Crippen molar-refractivity contribution in [2.45, 2.75) is 12.5 Å². The number of benzene rings is 1. The van der Waals surface area contributed by atoms with Crippen molar-refractivity contribution < 1.29 is 31.1 Å². The van der Waals surface area contributed by atoms with E-state index in [4.69, 9.17) is 17.3 Å². The molecule has 2 N–H and O–H groups in total. The minimum atomic E-state index is -5.25. The van der Waals surface area contributed by atoms with Crippen LogP contribution in [-0.2, 0) is 6.18 Å². The molecule has 0 aliphatic rings. The zero-order valence-corrected chi connectivity index (χ0v) is 8.54. The molecule has 0 saturated heterocycles. The smallest absolute Gasteiger partial charge is 0.405 e. The molecule has 0 spiro atoms. The Kier molecular flexibility index (Phi) is 3.37. The number of hydrogen-bond donors (Lipinski definition) is 1. The lowest BCUT2D eigenvalue weighted by Gasteiger charge is -2.17. The number of anilines is 1. The Balaban J connectivity index is 3.36. The highest BCUT2D eigenvalue weighted by Gasteiger charge is 2.41. The van der Waals surface area contributed by atoms with Crippen molar-refractivity contribution in [2.75, 3.05) is 5.73 Å². The number of nitrogens with two attached hydrogens (primary N) is 1. The van der Waals surface area contributed by atoms with Gasteiger partial charge in [0.2, 0.25) is 0 Å². The van der Waals surface area contributed by atoms with Crippen molar-refractivity contribution in [1.29, 1.82) is 0 Å². The molecule has 0 unspecified atom stereocenters. The summed E-state index contributed by atoms with van der Waals surface area (Å²) >= 11 is 5.22. The van der Waals surface area contributed by atoms with Gasteiger partial charge in [0.1, 0.15) is 11.3 Å². The van der Waals surface area contributed by atoms with Crippen molar-refractivity contribution in [3.63, 3.8) is 0 Å². The molecule has 0 atom stereocenters. The molecular weight excluding hydrogens is 276 g/mol. The topological polar surface area (TPSA) is 35.2 Å². The van der Waals surface area contributed by atoms with Crippen molar-refractivity contribution in [1.82, 2.24) is 0 Å². The summed E-state index contributed by atoms with van der Waals surface area (Å²) in [4.78, 5) is 0. The highest BCUT2D eigenvalue weighted by molar-refractivity contribution is 6.34. The fourth-order valence-corrected chi connectivity index (χ4v) is 1.31. The summed E-state index contributed by atoms with van der Waals surface area (Å²) in [6.07, 6.45) is -10.4. The Morgan fingerprint density at radius 1 is 1.06 bits per heavy atom. The minimum Gasteiger partial charge on any atom is -0.405 e. The van der Waals surface area contributed by atoms with E-state index >= 15 is 0 Å². The second-order valence-electron chi connectivity index (χ2n) is 2.89. The van der Waals surface area contributed by atoms with Crippen LogP contribution >= 0.6 is 11.6 Å². The van der Waals surface area contributed by atoms with E-state index in [-0.39, 0.29) is 0 Å². The van der Waals surface area contributed by atoms with E-state index in [1.165, 1.54) is 0 Å². The summed E-state index contributed by atoms with van der Waals surface area (Å²) in [6.45, 7) is 0. The van der Waals surface area contributed by atoms with E-state index in [1.807, 2.05) is 0 Å². The summed E-state index contributed by atoms with van der Waals surface area (Å²) in [6, 6.07) is 1.25. The molecule has 1 aromatic carbocycles. The van der Waals surface area contributed by atoms with Crippen LogP contribution in [0.1, 0.15) is 5.56 Å². The fraction of sp³-hybridized carbons (Fsp3) is 0.250. The number of ether oxygens (including phenoxy) is 1. The van der Waals surface area contributed by atoms with Crippen LogP contribution in [0, 0.1) is 0 Å². The summed E-state index contributed by atoms with van der Waals surface area (Å²) in [5.74, 6) is -1.44. The predicted molar refractivity (Wildman–Crippen MR) is 47.5 cm³/mol. The molecule has 17 heavy (non-hydrogen) atoms. The van der Waals surface area contributed by atoms with Gasteiger partial charge in [0.15, 0.2) is 0 Å². The standard InChI is InChI=1S/C8H4ClF6NO/c9-6-3(16)1-2-4(17-8(13,14)15)5(6)7(10,11)12/h1-2H,16H2. The lowest BCUT2D eigenvalue weighted by molar-refractivity contribution is -0.276. The van der Waals surface area contributed by atoms with Crippen LogP contribution in [0.3, 0.4) is 0 Å². The SMILES string of the molecule is Nc1ccc(OC(F)(F)F)c(C(F)(F)F)c1Cl. The normalized spacial score (nSPS) is 12.6. The lowest BCUT2D eigenvalue weighted by Crippen LogP contribution is -2.20. The Bertz CT molecular complexity index is 427. The van der Waals surface area contributed by atoms with E-state index in [0.29, 0.717) is 6.07 Å². The largest absolute Gasteiger partial charge is 0.573 e. The molecule has 0 saturated carbocycles. The van der Waals surface area contributed by atoms with Crippen LogP contribution in [0.25, 0.3) is 0 Å². The Hall–Kier alpha value is -1.31. The number of halogens is 7. The van der Waals surface area contributed by atoms with Crippen LogP contribution in [0.5, 0.6) is 5.75 Å². The minimum absolute atomic E-state index is 0.456. The maximum Gasteiger partial charge on any atom is 0.573 e. The summed E-state index contributed by atoms with van der Waals surface area (Å²) < 4.78 is 76.3. The predicted octanol–water partition coefficient (Wildman–Crippen LogP) is 3.84. The highest BCUT2D eigenvalue weighted by atomic mass is 35.5. The van der Waals surface area contributed by atoms with Crippen LogP contribution < -0.4 is 10.5 Å². The molecule has 0 bridgehead atoms. The number of rotatable bonds is 1. The molecule has 0 aliphatic heterocycles. The van der Waals surface area contributed by atoms with Crippen LogP contribution in [0.4, 0.5) is 32.0 Å². The Morgan fingerprint density at radius 3 is 2.00 bits per heavy atom. The summed E-state index contributed by atoms with van der Waals surface area (Å²) in [5.41, 5.74) is 2.84. The van der Waals surface area contributed by atoms with E-state index in [2.05, 4.69) is 4.74 Å². The van der Waals surface area contributed by atoms with Gasteiger partial charge >= 0.3 is 12.5 Å². The maximum absolute atomic E-state index is 12.5. The molecule has 0 aliphatic carbocycles. The molecular formula is C8H4ClF6NO. The first-order valence-corrected chi connectivity index (χ1v) is 4.31. The number of nitrogen functional groups attached to an aromatic ring is 1. The van der Waals surface area contributed by atoms with E-state index in [0.717, 1.165) is 6.07 Å². The van der Waals surface area contributed by atoms with Crippen molar-refractivity contribution in [3.05, 3.63) is 22.7 Å². The van der Waals surface area contributed by atoms with Gasteiger partial charge in [-0.15, -0.1) is 13.2 Å². The van der Waals surface area contributed by atoms with E-state index < -0.39 is 34.6 Å². The molecule has 0 heterocycles. The monoisotopic (exact) mass is 279 g/mol. The van der Waals surface area contributed by atoms with Gasteiger partial charge < -0.3 is 10.5 Å². The second kappa shape index (κ2) is 4.17. The lowest BCUT2D eigenvalue weighted by atomic mass is 10.1. The zero-order valence-electron chi connectivity index (χ0n) is 7.79. The molecule has 1 rings (SSSR count). The van der Waals surface area contributed by atoms with Crippen LogP contribution in [0.2, 0.25) is 5.02 Å². The van der Waals surface area contributed by atoms with Crippen LogP contribution in [0.15, 0.2) is 12.1 Å². The van der Waals surface area contributed by atoms with E-state index in [9.17, 15) is 26.3 Å². The first-order valence-electron chi connectivity index (χ1n) is 3.93. The third-order valence-electron chi connectivity index (χ3n) is 1.64. The molecule has 1 aromatic rings. The zero-order chi connectivity index (χ0) is 13.4. The Labute approximate surface area is 95.9 Å². The molecule has 9 heteroatoms. The summed E-state index contributed by atoms with van der Waals surface area (Å²) in [5, 5.41) is -1.03. The van der Waals surface area contributed by atoms with Gasteiger partial charge in [0.05, 0.1) is 10.7 Å². The molecule has 0 amide bonds. The maximum atomic E-state index is 12.5. The van der Waals surface area contributed by atoms with Gasteiger partial charge in [0, 0.05) is 0 Å². The molecule has 0 aromatic heterocycles. The van der Waals surface area contributed by atoms with Gasteiger partial charge in [0.25, 0.3) is 0 Å². The highest BCUT2D eigenvalue weighted by Crippen LogP contribution is 2.44. The average Bonchev–Trinajstić information content (AvgIpc) is 2.06. The second-order valence-corrected chi connectivity index (χ2v) is 3.27. The average molecular weight is 280 g/mol. The molecule has 0 radical (unpaired) electrons. The Morgan fingerprint density at radius 2 is 1.59 bits per heavy atom. The third-order valence-corrected chi connectivity index (χ3v) is 2.05. The quantitative estimate of drug-likeness (QED) is 0.626. The summed E-state index contributed by atoms with van der Waals surface area (Å²) in [7, 11) is 0. The molecule has 2 nitrogen and oxygen atoms in total. The van der Waals surface area contributed by atoms with Gasteiger partial charge in [-0.2, -0.15) is 13.2 Å². The molecule has 0 fully saturated rings. The van der Waals surface area contributed by atoms with E-state index in [1.54, 1.807) is 0 Å². The van der Waals surface area contributed by atoms with Crippen molar-refractivity contribution in [3.8, 4) is 5.75 Å². The molecule has 96 valence electrons. The third kappa shape index (κ3) is 3.32. The van der Waals surface area contributed by atoms with Crippen molar-refractivity contribution >= 4 is 17.3 Å². The first-order chi connectivity index (χ1) is 7.52.